The molecule has 0 N–H and O–H groups in total. The number of methoxy groups -OCH3 is 1. The maximum atomic E-state index is 13.4. The predicted octanol–water partition coefficient (Wildman–Crippen LogP) is 4.26. The van der Waals surface area contributed by atoms with Crippen molar-refractivity contribution in [2.45, 2.75) is 6.61 Å². The second kappa shape index (κ2) is 7.16. The van der Waals surface area contributed by atoms with E-state index in [0.717, 1.165) is 22.4 Å². The van der Waals surface area contributed by atoms with Crippen molar-refractivity contribution >= 4 is 11.3 Å². The highest BCUT2D eigenvalue weighted by Crippen LogP contribution is 2.31. The Balaban J connectivity index is 1.92. The van der Waals surface area contributed by atoms with E-state index in [0.29, 0.717) is 11.3 Å². The van der Waals surface area contributed by atoms with Gasteiger partial charge in [0.15, 0.2) is 5.65 Å². The van der Waals surface area contributed by atoms with Crippen LogP contribution in [0.25, 0.3) is 28.0 Å². The lowest BCUT2D eigenvalue weighted by Gasteiger charge is -2.05. The van der Waals surface area contributed by atoms with E-state index in [9.17, 15) is 14.5 Å². The fraction of sp³-hybridized carbons (Fsp3) is 0.100. The van der Waals surface area contributed by atoms with Crippen molar-refractivity contribution in [1.29, 1.82) is 0 Å². The number of rotatable bonds is 5. The van der Waals surface area contributed by atoms with Crippen LogP contribution in [0, 0.1) is 15.9 Å². The molecule has 2 aromatic heterocycles. The molecule has 28 heavy (non-hydrogen) atoms. The van der Waals surface area contributed by atoms with Gasteiger partial charge in [0.25, 0.3) is 5.69 Å². The Labute approximate surface area is 159 Å². The molecule has 0 fully saturated rings. The zero-order valence-electron chi connectivity index (χ0n) is 14.9. The summed E-state index contributed by atoms with van der Waals surface area (Å²) >= 11 is 0. The molecule has 7 nitrogen and oxygen atoms in total. The number of ether oxygens (including phenoxy) is 1. The molecule has 0 unspecified atom stereocenters. The van der Waals surface area contributed by atoms with E-state index in [2.05, 4.69) is 10.1 Å². The molecule has 0 radical (unpaired) electrons. The average Bonchev–Trinajstić information content (AvgIpc) is 3.07. The maximum absolute atomic E-state index is 13.4. The van der Waals surface area contributed by atoms with Crippen molar-refractivity contribution < 1.29 is 14.1 Å². The van der Waals surface area contributed by atoms with Crippen molar-refractivity contribution in [1.82, 2.24) is 14.6 Å². The van der Waals surface area contributed by atoms with Crippen LogP contribution in [-0.2, 0) is 11.3 Å². The maximum Gasteiger partial charge on any atom is 0.269 e. The summed E-state index contributed by atoms with van der Waals surface area (Å²) in [4.78, 5) is 14.9. The van der Waals surface area contributed by atoms with Crippen LogP contribution in [0.15, 0.2) is 60.8 Å². The quantitative estimate of drug-likeness (QED) is 0.383. The first-order valence-electron chi connectivity index (χ1n) is 8.45. The van der Waals surface area contributed by atoms with Crippen LogP contribution in [0.3, 0.4) is 0 Å². The smallest absolute Gasteiger partial charge is 0.269 e. The number of nitro groups is 1. The molecule has 4 rings (SSSR count). The van der Waals surface area contributed by atoms with Gasteiger partial charge in [-0.3, -0.25) is 10.1 Å². The Hall–Kier alpha value is -3.65. The lowest BCUT2D eigenvalue weighted by Crippen LogP contribution is -1.97. The minimum Gasteiger partial charge on any atom is -0.378 e. The summed E-state index contributed by atoms with van der Waals surface area (Å²) in [7, 11) is 1.57. The second-order valence-electron chi connectivity index (χ2n) is 6.13. The Morgan fingerprint density at radius 2 is 1.75 bits per heavy atom. The zero-order chi connectivity index (χ0) is 19.7. The Kier molecular flexibility index (Phi) is 4.54. The minimum absolute atomic E-state index is 0.0154. The number of non-ortho nitro benzene ring substituents is 1. The molecule has 0 atom stereocenters. The molecule has 4 aromatic rings. The van der Waals surface area contributed by atoms with Crippen molar-refractivity contribution in [2.75, 3.05) is 7.11 Å². The Morgan fingerprint density at radius 3 is 2.39 bits per heavy atom. The van der Waals surface area contributed by atoms with Gasteiger partial charge in [0.1, 0.15) is 5.82 Å². The van der Waals surface area contributed by atoms with Gasteiger partial charge in [0.05, 0.1) is 28.5 Å². The first-order valence-corrected chi connectivity index (χ1v) is 8.45. The number of hydrogen-bond acceptors (Lipinski definition) is 5. The SMILES string of the molecule is COCc1nn2c(-c3ccc([N+](=O)[O-])cc3)ccnc2c1-c1ccc(F)cc1. The molecular formula is C20H15FN4O3. The topological polar surface area (TPSA) is 82.6 Å². The molecule has 2 heterocycles. The van der Waals surface area contributed by atoms with Crippen molar-refractivity contribution in [3.05, 3.63) is 82.4 Å². The third-order valence-corrected chi connectivity index (χ3v) is 4.38. The van der Waals surface area contributed by atoms with Gasteiger partial charge in [-0.1, -0.05) is 12.1 Å². The summed E-state index contributed by atoms with van der Waals surface area (Å²) in [5, 5.41) is 15.5. The highest BCUT2D eigenvalue weighted by Gasteiger charge is 2.18. The molecule has 0 aliphatic rings. The largest absolute Gasteiger partial charge is 0.378 e. The average molecular weight is 378 g/mol. The van der Waals surface area contributed by atoms with Crippen LogP contribution in [0.1, 0.15) is 5.69 Å². The number of halogens is 1. The molecule has 0 saturated heterocycles. The van der Waals surface area contributed by atoms with Crippen LogP contribution in [0.4, 0.5) is 10.1 Å². The van der Waals surface area contributed by atoms with Crippen LogP contribution < -0.4 is 0 Å². The molecule has 0 aliphatic carbocycles. The minimum atomic E-state index is -0.441. The van der Waals surface area contributed by atoms with E-state index in [1.807, 2.05) is 0 Å². The zero-order valence-corrected chi connectivity index (χ0v) is 14.9. The lowest BCUT2D eigenvalue weighted by atomic mass is 10.1. The van der Waals surface area contributed by atoms with E-state index in [1.54, 1.807) is 48.2 Å². The van der Waals surface area contributed by atoms with E-state index in [4.69, 9.17) is 4.74 Å². The molecular weight excluding hydrogens is 363 g/mol. The van der Waals surface area contributed by atoms with Crippen LogP contribution in [-0.4, -0.2) is 26.6 Å². The van der Waals surface area contributed by atoms with Crippen molar-refractivity contribution in [2.24, 2.45) is 0 Å². The van der Waals surface area contributed by atoms with Crippen molar-refractivity contribution in [3.63, 3.8) is 0 Å². The van der Waals surface area contributed by atoms with Gasteiger partial charge in [-0.2, -0.15) is 5.10 Å². The number of aromatic nitrogens is 3. The molecule has 2 aromatic carbocycles. The lowest BCUT2D eigenvalue weighted by molar-refractivity contribution is -0.384. The Morgan fingerprint density at radius 1 is 1.07 bits per heavy atom. The van der Waals surface area contributed by atoms with Gasteiger partial charge >= 0.3 is 0 Å². The highest BCUT2D eigenvalue weighted by atomic mass is 19.1. The van der Waals surface area contributed by atoms with Gasteiger partial charge in [-0.05, 0) is 35.9 Å². The second-order valence-corrected chi connectivity index (χ2v) is 6.13. The third-order valence-electron chi connectivity index (χ3n) is 4.38. The predicted molar refractivity (Wildman–Crippen MR) is 101 cm³/mol. The monoisotopic (exact) mass is 378 g/mol. The molecule has 0 amide bonds. The summed E-state index contributed by atoms with van der Waals surface area (Å²) in [6.07, 6.45) is 1.65. The fourth-order valence-electron chi connectivity index (χ4n) is 3.11. The van der Waals surface area contributed by atoms with Crippen LogP contribution in [0.5, 0.6) is 0 Å². The van der Waals surface area contributed by atoms with Gasteiger partial charge in [-0.25, -0.2) is 13.9 Å². The summed E-state index contributed by atoms with van der Waals surface area (Å²) < 4.78 is 20.3. The third kappa shape index (κ3) is 3.10. The highest BCUT2D eigenvalue weighted by molar-refractivity contribution is 5.81. The first-order chi connectivity index (χ1) is 13.6. The van der Waals surface area contributed by atoms with Crippen molar-refractivity contribution in [3.8, 4) is 22.4 Å². The summed E-state index contributed by atoms with van der Waals surface area (Å²) in [6, 6.07) is 14.1. The van der Waals surface area contributed by atoms with E-state index < -0.39 is 4.92 Å². The molecule has 0 bridgehead atoms. The molecule has 0 spiro atoms. The van der Waals surface area contributed by atoms with Gasteiger partial charge in [0, 0.05) is 31.0 Å². The molecule has 0 saturated carbocycles. The van der Waals surface area contributed by atoms with E-state index >= 15 is 0 Å². The van der Waals surface area contributed by atoms with Gasteiger partial charge in [0.2, 0.25) is 0 Å². The van der Waals surface area contributed by atoms with Gasteiger partial charge in [-0.15, -0.1) is 0 Å². The first kappa shape index (κ1) is 17.7. The molecule has 140 valence electrons. The number of hydrogen-bond donors (Lipinski definition) is 0. The number of fused-ring (bicyclic) bond motifs is 1. The van der Waals surface area contributed by atoms with E-state index in [-0.39, 0.29) is 18.1 Å². The van der Waals surface area contributed by atoms with Crippen LogP contribution >= 0.6 is 0 Å². The normalized spacial score (nSPS) is 11.1. The van der Waals surface area contributed by atoms with Gasteiger partial charge < -0.3 is 4.74 Å². The summed E-state index contributed by atoms with van der Waals surface area (Å²) in [5.74, 6) is -0.326. The number of nitrogens with zero attached hydrogens (tertiary/aromatic N) is 4. The van der Waals surface area contributed by atoms with Crippen LogP contribution in [0.2, 0.25) is 0 Å². The van der Waals surface area contributed by atoms with E-state index in [1.165, 1.54) is 24.3 Å². The number of benzene rings is 2. The Bertz CT molecular complexity index is 1150. The standard InChI is InChI=1S/C20H15FN4O3/c1-28-12-17-19(14-2-6-15(21)7-3-14)20-22-11-10-18(24(20)23-17)13-4-8-16(9-5-13)25(26)27/h2-11H,12H2,1H3. The number of nitro benzene ring substituents is 1. The molecule has 0 aliphatic heterocycles. The fourth-order valence-corrected chi connectivity index (χ4v) is 3.11. The molecule has 8 heteroatoms. The summed E-state index contributed by atoms with van der Waals surface area (Å²) in [6.45, 7) is 0.260. The summed E-state index contributed by atoms with van der Waals surface area (Å²) in [5.41, 5.74) is 4.29.